The lowest BCUT2D eigenvalue weighted by Gasteiger charge is -2.30. The van der Waals surface area contributed by atoms with Crippen LogP contribution in [-0.2, 0) is 4.74 Å². The number of ketones is 2. The van der Waals surface area contributed by atoms with E-state index in [2.05, 4.69) is 6.07 Å². The standard InChI is InChI=1S/C19H12N2O3S/c1-9-6-7-25-18(9)13-12(8-20)19(21)24-17-14(13)15(22)10-4-2-3-5-11(10)16(17)23/h2-7,13H,21H2,1H3. The zero-order chi connectivity index (χ0) is 17.7. The number of nitrogens with two attached hydrogens (primary N) is 1. The van der Waals surface area contributed by atoms with Crippen molar-refractivity contribution in [1.82, 2.24) is 0 Å². The van der Waals surface area contributed by atoms with Gasteiger partial charge in [-0.2, -0.15) is 5.26 Å². The molecule has 1 unspecified atom stereocenters. The molecule has 2 aliphatic rings. The van der Waals surface area contributed by atoms with Crippen molar-refractivity contribution >= 4 is 22.9 Å². The van der Waals surface area contributed by atoms with Gasteiger partial charge in [-0.1, -0.05) is 24.3 Å². The number of nitrogens with zero attached hydrogens (tertiary/aromatic N) is 1. The molecular formula is C19H12N2O3S. The van der Waals surface area contributed by atoms with Crippen LogP contribution in [0.25, 0.3) is 0 Å². The van der Waals surface area contributed by atoms with E-state index in [4.69, 9.17) is 10.5 Å². The fourth-order valence-electron chi connectivity index (χ4n) is 3.25. The van der Waals surface area contributed by atoms with Gasteiger partial charge in [-0.3, -0.25) is 9.59 Å². The molecule has 0 spiro atoms. The summed E-state index contributed by atoms with van der Waals surface area (Å²) in [5.74, 6) is -1.57. The maximum Gasteiger partial charge on any atom is 0.229 e. The van der Waals surface area contributed by atoms with Gasteiger partial charge in [-0.05, 0) is 23.9 Å². The number of rotatable bonds is 1. The van der Waals surface area contributed by atoms with Crippen LogP contribution in [0.1, 0.15) is 37.1 Å². The number of carbonyl (C=O) groups is 2. The summed E-state index contributed by atoms with van der Waals surface area (Å²) < 4.78 is 5.45. The number of Topliss-reactive ketones (excluding diaryl/α,β-unsaturated/α-hetero) is 2. The number of carbonyl (C=O) groups excluding carboxylic acids is 2. The smallest absolute Gasteiger partial charge is 0.229 e. The summed E-state index contributed by atoms with van der Waals surface area (Å²) in [6.07, 6.45) is 0. The van der Waals surface area contributed by atoms with Gasteiger partial charge in [0.2, 0.25) is 11.7 Å². The normalized spacial score (nSPS) is 19.3. The van der Waals surface area contributed by atoms with Crippen LogP contribution in [0, 0.1) is 18.3 Å². The van der Waals surface area contributed by atoms with Crippen molar-refractivity contribution in [1.29, 1.82) is 5.26 Å². The van der Waals surface area contributed by atoms with Gasteiger partial charge in [-0.25, -0.2) is 0 Å². The molecule has 1 aliphatic heterocycles. The van der Waals surface area contributed by atoms with E-state index in [0.717, 1.165) is 10.4 Å². The molecule has 1 aromatic carbocycles. The highest BCUT2D eigenvalue weighted by molar-refractivity contribution is 7.10. The highest BCUT2D eigenvalue weighted by Crippen LogP contribution is 2.46. The SMILES string of the molecule is Cc1ccsc1C1C(C#N)=C(N)OC2=C1C(=O)c1ccccc1C2=O. The second kappa shape index (κ2) is 5.43. The minimum absolute atomic E-state index is 0.0713. The van der Waals surface area contributed by atoms with Gasteiger partial charge < -0.3 is 10.5 Å². The van der Waals surface area contributed by atoms with Crippen LogP contribution in [-0.4, -0.2) is 11.6 Å². The summed E-state index contributed by atoms with van der Waals surface area (Å²) in [7, 11) is 0. The summed E-state index contributed by atoms with van der Waals surface area (Å²) in [5.41, 5.74) is 7.82. The number of thiophene rings is 1. The lowest BCUT2D eigenvalue weighted by molar-refractivity contribution is 0.0897. The minimum atomic E-state index is -0.682. The number of hydrogen-bond donors (Lipinski definition) is 1. The van der Waals surface area contributed by atoms with Crippen molar-refractivity contribution in [3.63, 3.8) is 0 Å². The first kappa shape index (κ1) is 15.4. The van der Waals surface area contributed by atoms with E-state index >= 15 is 0 Å². The molecule has 25 heavy (non-hydrogen) atoms. The van der Waals surface area contributed by atoms with Gasteiger partial charge in [0.1, 0.15) is 11.6 Å². The van der Waals surface area contributed by atoms with Crippen LogP contribution in [0.2, 0.25) is 0 Å². The van der Waals surface area contributed by atoms with E-state index in [1.807, 2.05) is 18.4 Å². The Hall–Kier alpha value is -3.17. The van der Waals surface area contributed by atoms with Crippen LogP contribution in [0.15, 0.2) is 58.5 Å². The molecule has 0 radical (unpaired) electrons. The van der Waals surface area contributed by atoms with Crippen LogP contribution < -0.4 is 5.73 Å². The molecule has 1 aromatic heterocycles. The quantitative estimate of drug-likeness (QED) is 0.854. The molecule has 0 saturated carbocycles. The molecule has 1 atom stereocenters. The Morgan fingerprint density at radius 3 is 2.44 bits per heavy atom. The van der Waals surface area contributed by atoms with Crippen molar-refractivity contribution < 1.29 is 14.3 Å². The molecule has 5 nitrogen and oxygen atoms in total. The van der Waals surface area contributed by atoms with Crippen molar-refractivity contribution in [2.24, 2.45) is 5.73 Å². The molecule has 4 rings (SSSR count). The topological polar surface area (TPSA) is 93.2 Å². The monoisotopic (exact) mass is 348 g/mol. The molecule has 2 aromatic rings. The summed E-state index contributed by atoms with van der Waals surface area (Å²) in [6, 6.07) is 10.6. The third-order valence-corrected chi connectivity index (χ3v) is 5.53. The van der Waals surface area contributed by atoms with Gasteiger partial charge in [0.15, 0.2) is 11.5 Å². The van der Waals surface area contributed by atoms with Crippen molar-refractivity contribution in [2.75, 3.05) is 0 Å². The average molecular weight is 348 g/mol. The number of nitriles is 1. The zero-order valence-electron chi connectivity index (χ0n) is 13.2. The van der Waals surface area contributed by atoms with E-state index in [1.54, 1.807) is 24.3 Å². The first-order valence-electron chi connectivity index (χ1n) is 7.58. The number of fused-ring (bicyclic) bond motifs is 1. The average Bonchev–Trinajstić information content (AvgIpc) is 3.04. The van der Waals surface area contributed by atoms with Gasteiger partial charge in [0, 0.05) is 16.0 Å². The van der Waals surface area contributed by atoms with Gasteiger partial charge >= 0.3 is 0 Å². The molecule has 0 amide bonds. The molecule has 0 saturated heterocycles. The molecule has 6 heteroatoms. The summed E-state index contributed by atoms with van der Waals surface area (Å²) in [4.78, 5) is 26.8. The lowest BCUT2D eigenvalue weighted by Crippen LogP contribution is -2.32. The molecule has 1 aliphatic carbocycles. The minimum Gasteiger partial charge on any atom is -0.436 e. The van der Waals surface area contributed by atoms with E-state index in [0.29, 0.717) is 11.1 Å². The fraction of sp³-hybridized carbons (Fsp3) is 0.105. The number of ether oxygens (including phenoxy) is 1. The first-order valence-corrected chi connectivity index (χ1v) is 8.46. The van der Waals surface area contributed by atoms with Crippen LogP contribution in [0.5, 0.6) is 0 Å². The van der Waals surface area contributed by atoms with Gasteiger partial charge in [0.25, 0.3) is 0 Å². The Balaban J connectivity index is 2.00. The van der Waals surface area contributed by atoms with Crippen LogP contribution in [0.4, 0.5) is 0 Å². The van der Waals surface area contributed by atoms with Crippen molar-refractivity contribution in [2.45, 2.75) is 12.8 Å². The Kier molecular flexibility index (Phi) is 3.34. The molecule has 2 heterocycles. The van der Waals surface area contributed by atoms with Gasteiger partial charge in [-0.15, -0.1) is 11.3 Å². The predicted molar refractivity (Wildman–Crippen MR) is 91.8 cm³/mol. The Morgan fingerprint density at radius 1 is 1.16 bits per heavy atom. The Labute approximate surface area is 147 Å². The molecule has 122 valence electrons. The fourth-order valence-corrected chi connectivity index (χ4v) is 4.29. The summed E-state index contributed by atoms with van der Waals surface area (Å²) >= 11 is 1.42. The first-order chi connectivity index (χ1) is 12.0. The second-order valence-corrected chi connectivity index (χ2v) is 6.79. The van der Waals surface area contributed by atoms with Gasteiger partial charge in [0.05, 0.1) is 11.5 Å². The highest BCUT2D eigenvalue weighted by atomic mass is 32.1. The summed E-state index contributed by atoms with van der Waals surface area (Å²) in [5, 5.41) is 11.5. The predicted octanol–water partition coefficient (Wildman–Crippen LogP) is 3.20. The number of aryl methyl sites for hydroxylation is 1. The Bertz CT molecular complexity index is 1050. The molecule has 2 N–H and O–H groups in total. The van der Waals surface area contributed by atoms with Crippen molar-refractivity contribution in [3.8, 4) is 6.07 Å². The van der Waals surface area contributed by atoms with E-state index in [-0.39, 0.29) is 34.4 Å². The van der Waals surface area contributed by atoms with Crippen LogP contribution in [0.3, 0.4) is 0 Å². The molecular weight excluding hydrogens is 336 g/mol. The summed E-state index contributed by atoms with van der Waals surface area (Å²) in [6.45, 7) is 1.90. The third-order valence-electron chi connectivity index (χ3n) is 4.45. The third kappa shape index (κ3) is 2.06. The maximum absolute atomic E-state index is 13.1. The molecule has 0 fully saturated rings. The number of benzene rings is 1. The molecule has 0 bridgehead atoms. The number of allylic oxidation sites excluding steroid dienone is 3. The van der Waals surface area contributed by atoms with Crippen molar-refractivity contribution in [3.05, 3.63) is 80.1 Å². The highest BCUT2D eigenvalue weighted by Gasteiger charge is 2.44. The zero-order valence-corrected chi connectivity index (χ0v) is 14.0. The lowest BCUT2D eigenvalue weighted by atomic mass is 9.77. The van der Waals surface area contributed by atoms with E-state index in [1.165, 1.54) is 11.3 Å². The Morgan fingerprint density at radius 2 is 1.84 bits per heavy atom. The second-order valence-electron chi connectivity index (χ2n) is 5.84. The largest absolute Gasteiger partial charge is 0.436 e. The maximum atomic E-state index is 13.1. The van der Waals surface area contributed by atoms with Crippen LogP contribution >= 0.6 is 11.3 Å². The van der Waals surface area contributed by atoms with E-state index < -0.39 is 5.92 Å². The number of hydrogen-bond acceptors (Lipinski definition) is 6. The van der Waals surface area contributed by atoms with E-state index in [9.17, 15) is 14.9 Å².